The quantitative estimate of drug-likeness (QED) is 0.708. The van der Waals surface area contributed by atoms with Crippen molar-refractivity contribution in [3.8, 4) is 0 Å². The van der Waals surface area contributed by atoms with Gasteiger partial charge in [-0.05, 0) is 30.2 Å². The number of carbonyl (C=O) groups excluding carboxylic acids is 1. The zero-order chi connectivity index (χ0) is 12.1. The summed E-state index contributed by atoms with van der Waals surface area (Å²) in [5.41, 5.74) is 1.98. The summed E-state index contributed by atoms with van der Waals surface area (Å²) in [4.78, 5) is 13.7. The molecular formula is C14H21NO. The van der Waals surface area contributed by atoms with Crippen LogP contribution >= 0.6 is 0 Å². The number of ketones is 1. The Kier molecular flexibility index (Phi) is 4.53. The minimum Gasteiger partial charge on any atom is -0.374 e. The lowest BCUT2D eigenvalue weighted by molar-refractivity contribution is 0.0988. The number of rotatable bonds is 5. The van der Waals surface area contributed by atoms with E-state index in [1.54, 1.807) is 0 Å². The summed E-state index contributed by atoms with van der Waals surface area (Å²) in [6.07, 6.45) is 0.571. The van der Waals surface area contributed by atoms with Gasteiger partial charge in [-0.25, -0.2) is 0 Å². The van der Waals surface area contributed by atoms with Gasteiger partial charge in [0.2, 0.25) is 0 Å². The Bertz CT molecular complexity index is 340. The van der Waals surface area contributed by atoms with Gasteiger partial charge in [-0.1, -0.05) is 20.8 Å². The van der Waals surface area contributed by atoms with Crippen molar-refractivity contribution >= 4 is 11.5 Å². The molecule has 88 valence electrons. The molecule has 0 aliphatic rings. The maximum Gasteiger partial charge on any atom is 0.162 e. The maximum atomic E-state index is 11.5. The average Bonchev–Trinajstić information content (AvgIpc) is 2.27. The van der Waals surface area contributed by atoms with Crippen molar-refractivity contribution < 1.29 is 4.79 Å². The molecule has 16 heavy (non-hydrogen) atoms. The van der Waals surface area contributed by atoms with Crippen LogP contribution in [0.15, 0.2) is 24.3 Å². The Labute approximate surface area is 98.3 Å². The van der Waals surface area contributed by atoms with Crippen LogP contribution in [-0.2, 0) is 0 Å². The van der Waals surface area contributed by atoms with E-state index in [-0.39, 0.29) is 5.78 Å². The van der Waals surface area contributed by atoms with Crippen LogP contribution in [-0.4, -0.2) is 19.4 Å². The summed E-state index contributed by atoms with van der Waals surface area (Å²) in [6, 6.07) is 7.87. The topological polar surface area (TPSA) is 20.3 Å². The zero-order valence-corrected chi connectivity index (χ0v) is 10.7. The third-order valence-corrected chi connectivity index (χ3v) is 2.59. The third-order valence-electron chi connectivity index (χ3n) is 2.59. The van der Waals surface area contributed by atoms with Crippen molar-refractivity contribution in [2.45, 2.75) is 27.2 Å². The van der Waals surface area contributed by atoms with Gasteiger partial charge in [0.15, 0.2) is 5.78 Å². The van der Waals surface area contributed by atoms with Crippen LogP contribution in [0.5, 0.6) is 0 Å². The van der Waals surface area contributed by atoms with Gasteiger partial charge in [-0.15, -0.1) is 0 Å². The van der Waals surface area contributed by atoms with Gasteiger partial charge in [0.05, 0.1) is 0 Å². The molecule has 0 unspecified atom stereocenters. The van der Waals surface area contributed by atoms with Crippen LogP contribution in [0.3, 0.4) is 0 Å². The molecule has 0 spiro atoms. The SMILES string of the molecule is CCC(=O)c1ccc(N(C)CC(C)C)cc1. The van der Waals surface area contributed by atoms with E-state index in [0.717, 1.165) is 12.1 Å². The van der Waals surface area contributed by atoms with Crippen molar-refractivity contribution in [3.05, 3.63) is 29.8 Å². The highest BCUT2D eigenvalue weighted by Gasteiger charge is 2.05. The number of hydrogen-bond donors (Lipinski definition) is 0. The Morgan fingerprint density at radius 2 is 1.81 bits per heavy atom. The first-order valence-electron chi connectivity index (χ1n) is 5.89. The molecule has 0 N–H and O–H groups in total. The highest BCUT2D eigenvalue weighted by molar-refractivity contribution is 5.96. The van der Waals surface area contributed by atoms with Crippen molar-refractivity contribution in [3.63, 3.8) is 0 Å². The second-order valence-electron chi connectivity index (χ2n) is 4.60. The minimum absolute atomic E-state index is 0.207. The van der Waals surface area contributed by atoms with E-state index in [1.807, 2.05) is 31.2 Å². The molecule has 0 atom stereocenters. The first kappa shape index (κ1) is 12.8. The Hall–Kier alpha value is -1.31. The average molecular weight is 219 g/mol. The summed E-state index contributed by atoms with van der Waals surface area (Å²) in [5, 5.41) is 0. The van der Waals surface area contributed by atoms with E-state index in [9.17, 15) is 4.79 Å². The van der Waals surface area contributed by atoms with Gasteiger partial charge < -0.3 is 4.90 Å². The number of nitrogens with zero attached hydrogens (tertiary/aromatic N) is 1. The summed E-state index contributed by atoms with van der Waals surface area (Å²) in [7, 11) is 2.08. The molecule has 0 aliphatic carbocycles. The van der Waals surface area contributed by atoms with Gasteiger partial charge in [0.1, 0.15) is 0 Å². The smallest absolute Gasteiger partial charge is 0.162 e. The molecule has 0 fully saturated rings. The fourth-order valence-electron chi connectivity index (χ4n) is 1.76. The van der Waals surface area contributed by atoms with E-state index in [1.165, 1.54) is 5.69 Å². The third kappa shape index (κ3) is 3.37. The van der Waals surface area contributed by atoms with Crippen LogP contribution in [0.4, 0.5) is 5.69 Å². The minimum atomic E-state index is 0.207. The highest BCUT2D eigenvalue weighted by Crippen LogP contribution is 2.15. The van der Waals surface area contributed by atoms with Gasteiger partial charge in [-0.2, -0.15) is 0 Å². The Morgan fingerprint density at radius 1 is 1.25 bits per heavy atom. The number of benzene rings is 1. The molecule has 0 saturated carbocycles. The van der Waals surface area contributed by atoms with Gasteiger partial charge in [0, 0.05) is 31.3 Å². The van der Waals surface area contributed by atoms with Crippen molar-refractivity contribution in [1.82, 2.24) is 0 Å². The summed E-state index contributed by atoms with van der Waals surface area (Å²) in [5.74, 6) is 0.847. The fraction of sp³-hybridized carbons (Fsp3) is 0.500. The summed E-state index contributed by atoms with van der Waals surface area (Å²) >= 11 is 0. The molecule has 2 nitrogen and oxygen atoms in total. The number of hydrogen-bond acceptors (Lipinski definition) is 2. The molecule has 1 aromatic rings. The lowest BCUT2D eigenvalue weighted by Crippen LogP contribution is -2.22. The molecule has 1 rings (SSSR count). The molecule has 0 bridgehead atoms. The molecular weight excluding hydrogens is 198 g/mol. The first-order valence-corrected chi connectivity index (χ1v) is 5.89. The van der Waals surface area contributed by atoms with E-state index >= 15 is 0 Å². The number of Topliss-reactive ketones (excluding diaryl/α,β-unsaturated/α-hetero) is 1. The van der Waals surface area contributed by atoms with Crippen LogP contribution in [0, 0.1) is 5.92 Å². The zero-order valence-electron chi connectivity index (χ0n) is 10.7. The van der Waals surface area contributed by atoms with Crippen LogP contribution in [0.1, 0.15) is 37.6 Å². The lowest BCUT2D eigenvalue weighted by Gasteiger charge is -2.21. The van der Waals surface area contributed by atoms with Crippen LogP contribution in [0.2, 0.25) is 0 Å². The molecule has 1 aromatic carbocycles. The van der Waals surface area contributed by atoms with Crippen LogP contribution < -0.4 is 4.90 Å². The van der Waals surface area contributed by atoms with Crippen molar-refractivity contribution in [2.75, 3.05) is 18.5 Å². The summed E-state index contributed by atoms with van der Waals surface area (Å²) < 4.78 is 0. The second kappa shape index (κ2) is 5.69. The number of carbonyl (C=O) groups is 1. The van der Waals surface area contributed by atoms with E-state index < -0.39 is 0 Å². The maximum absolute atomic E-state index is 11.5. The predicted octanol–water partition coefficient (Wildman–Crippen LogP) is 3.37. The van der Waals surface area contributed by atoms with Crippen LogP contribution in [0.25, 0.3) is 0 Å². The molecule has 2 heteroatoms. The van der Waals surface area contributed by atoms with E-state index in [4.69, 9.17) is 0 Å². The van der Waals surface area contributed by atoms with E-state index in [2.05, 4.69) is 25.8 Å². The van der Waals surface area contributed by atoms with Gasteiger partial charge >= 0.3 is 0 Å². The Balaban J connectivity index is 2.74. The normalized spacial score (nSPS) is 10.6. The Morgan fingerprint density at radius 3 is 2.25 bits per heavy atom. The van der Waals surface area contributed by atoms with Crippen molar-refractivity contribution in [1.29, 1.82) is 0 Å². The molecule has 0 radical (unpaired) electrons. The standard InChI is InChI=1S/C14H21NO/c1-5-14(16)12-6-8-13(9-7-12)15(4)10-11(2)3/h6-9,11H,5,10H2,1-4H3. The molecule has 0 amide bonds. The second-order valence-corrected chi connectivity index (χ2v) is 4.60. The molecule has 0 saturated heterocycles. The molecule has 0 aromatic heterocycles. The molecule has 0 heterocycles. The van der Waals surface area contributed by atoms with Crippen molar-refractivity contribution in [2.24, 2.45) is 5.92 Å². The monoisotopic (exact) mass is 219 g/mol. The first-order chi connectivity index (χ1) is 7.54. The van der Waals surface area contributed by atoms with Gasteiger partial charge in [-0.3, -0.25) is 4.79 Å². The largest absolute Gasteiger partial charge is 0.374 e. The number of anilines is 1. The highest BCUT2D eigenvalue weighted by atomic mass is 16.1. The fourth-order valence-corrected chi connectivity index (χ4v) is 1.76. The molecule has 0 aliphatic heterocycles. The summed E-state index contributed by atoms with van der Waals surface area (Å²) in [6.45, 7) is 7.32. The lowest BCUT2D eigenvalue weighted by atomic mass is 10.1. The van der Waals surface area contributed by atoms with E-state index in [0.29, 0.717) is 12.3 Å². The predicted molar refractivity (Wildman–Crippen MR) is 69.2 cm³/mol. The van der Waals surface area contributed by atoms with Gasteiger partial charge in [0.25, 0.3) is 0 Å².